The number of rotatable bonds is 7. The van der Waals surface area contributed by atoms with Crippen LogP contribution in [0.2, 0.25) is 0 Å². The van der Waals surface area contributed by atoms with Crippen molar-refractivity contribution < 1.29 is 18.5 Å². The number of para-hydroxylation sites is 1. The van der Waals surface area contributed by atoms with Crippen LogP contribution >= 0.6 is 7.60 Å². The molecule has 0 amide bonds. The highest BCUT2D eigenvalue weighted by molar-refractivity contribution is 7.57. The Kier molecular flexibility index (Phi) is 5.89. The van der Waals surface area contributed by atoms with E-state index >= 15 is 0 Å². The molecule has 1 aromatic carbocycles. The van der Waals surface area contributed by atoms with E-state index in [0.29, 0.717) is 5.56 Å². The van der Waals surface area contributed by atoms with Crippen LogP contribution in [-0.4, -0.2) is 18.1 Å². The predicted octanol–water partition coefficient (Wildman–Crippen LogP) is 3.83. The Hall–Kier alpha value is -1.49. The lowest BCUT2D eigenvalue weighted by atomic mass is 10.2. The summed E-state index contributed by atoms with van der Waals surface area (Å²) in [5.41, 5.74) is 0.297. The fraction of sp³-hybridized carbons (Fsp3) is 0.333. The number of hydrogen-bond acceptors (Lipinski definition) is 5. The molecule has 104 valence electrons. The summed E-state index contributed by atoms with van der Waals surface area (Å²) < 4.78 is 22.3. The number of nitrogens with zero attached hydrogens (tertiary/aromatic N) is 1. The Morgan fingerprint density at radius 2 is 1.84 bits per heavy atom. The average molecular weight is 285 g/mol. The maximum Gasteiger partial charge on any atom is 0.354 e. The topological polar surface area (TPSA) is 78.7 Å². The van der Waals surface area contributed by atoms with E-state index in [9.17, 15) is 14.7 Å². The van der Waals surface area contributed by atoms with Gasteiger partial charge < -0.3 is 9.05 Å². The van der Waals surface area contributed by atoms with Crippen molar-refractivity contribution in [1.29, 1.82) is 0 Å². The molecule has 0 aliphatic rings. The first-order valence-corrected chi connectivity index (χ1v) is 7.45. The zero-order valence-electron chi connectivity index (χ0n) is 10.8. The van der Waals surface area contributed by atoms with Crippen molar-refractivity contribution in [1.82, 2.24) is 0 Å². The largest absolute Gasteiger partial charge is 0.354 e. The molecule has 0 fully saturated rings. The SMILES string of the molecule is CCOP(=O)(C=Cc1ccccc1[N+](=O)[O-])OCC. The maximum atomic E-state index is 12.2. The van der Waals surface area contributed by atoms with E-state index in [4.69, 9.17) is 9.05 Å². The zero-order chi connectivity index (χ0) is 14.3. The van der Waals surface area contributed by atoms with Crippen LogP contribution in [0.4, 0.5) is 5.69 Å². The minimum absolute atomic E-state index is 0.0571. The van der Waals surface area contributed by atoms with Crippen molar-refractivity contribution in [3.05, 3.63) is 45.8 Å². The van der Waals surface area contributed by atoms with Gasteiger partial charge in [0.25, 0.3) is 5.69 Å². The standard InChI is InChI=1S/C12H16NO5P/c1-3-17-19(16,18-4-2)10-9-11-7-5-6-8-12(11)13(14)15/h5-10H,3-4H2,1-2H3. The molecule has 0 radical (unpaired) electrons. The fourth-order valence-electron chi connectivity index (χ4n) is 1.45. The number of nitro benzene ring substituents is 1. The lowest BCUT2D eigenvalue weighted by Gasteiger charge is -2.12. The summed E-state index contributed by atoms with van der Waals surface area (Å²) >= 11 is 0. The first-order chi connectivity index (χ1) is 9.02. The minimum Gasteiger partial charge on any atom is -0.306 e. The average Bonchev–Trinajstić information content (AvgIpc) is 2.37. The third kappa shape index (κ3) is 4.59. The highest BCUT2D eigenvalue weighted by atomic mass is 31.2. The quantitative estimate of drug-likeness (QED) is 0.432. The van der Waals surface area contributed by atoms with E-state index in [2.05, 4.69) is 0 Å². The monoisotopic (exact) mass is 285 g/mol. The summed E-state index contributed by atoms with van der Waals surface area (Å²) in [7, 11) is -3.34. The second kappa shape index (κ2) is 7.19. The van der Waals surface area contributed by atoms with Crippen LogP contribution in [-0.2, 0) is 13.6 Å². The van der Waals surface area contributed by atoms with Crippen molar-refractivity contribution >= 4 is 19.4 Å². The molecule has 0 heterocycles. The van der Waals surface area contributed by atoms with Gasteiger partial charge >= 0.3 is 7.60 Å². The van der Waals surface area contributed by atoms with Gasteiger partial charge in [0.1, 0.15) is 0 Å². The molecule has 0 aromatic heterocycles. The zero-order valence-corrected chi connectivity index (χ0v) is 11.7. The predicted molar refractivity (Wildman–Crippen MR) is 73.0 cm³/mol. The van der Waals surface area contributed by atoms with Crippen LogP contribution in [0.5, 0.6) is 0 Å². The lowest BCUT2D eigenvalue weighted by molar-refractivity contribution is -0.385. The molecule has 0 saturated heterocycles. The van der Waals surface area contributed by atoms with Gasteiger partial charge in [0.05, 0.1) is 23.7 Å². The van der Waals surface area contributed by atoms with Gasteiger partial charge in [-0.05, 0) is 26.0 Å². The van der Waals surface area contributed by atoms with Gasteiger partial charge in [0.15, 0.2) is 0 Å². The van der Waals surface area contributed by atoms with Crippen molar-refractivity contribution in [3.8, 4) is 0 Å². The first kappa shape index (κ1) is 15.6. The van der Waals surface area contributed by atoms with Crippen LogP contribution in [0.1, 0.15) is 19.4 Å². The van der Waals surface area contributed by atoms with Gasteiger partial charge in [-0.15, -0.1) is 0 Å². The van der Waals surface area contributed by atoms with E-state index in [1.165, 1.54) is 18.0 Å². The molecule has 0 spiro atoms. The molecule has 1 rings (SSSR count). The smallest absolute Gasteiger partial charge is 0.306 e. The minimum atomic E-state index is -3.34. The summed E-state index contributed by atoms with van der Waals surface area (Å²) in [5, 5.41) is 10.8. The van der Waals surface area contributed by atoms with Gasteiger partial charge in [-0.3, -0.25) is 14.7 Å². The molecule has 0 N–H and O–H groups in total. The molecular weight excluding hydrogens is 269 g/mol. The van der Waals surface area contributed by atoms with Gasteiger partial charge in [0, 0.05) is 11.9 Å². The number of nitro groups is 1. The number of benzene rings is 1. The van der Waals surface area contributed by atoms with Crippen LogP contribution in [0, 0.1) is 10.1 Å². The third-order valence-electron chi connectivity index (χ3n) is 2.19. The van der Waals surface area contributed by atoms with Crippen LogP contribution < -0.4 is 0 Å². The van der Waals surface area contributed by atoms with Crippen molar-refractivity contribution in [2.45, 2.75) is 13.8 Å². The highest BCUT2D eigenvalue weighted by Crippen LogP contribution is 2.50. The first-order valence-electron chi connectivity index (χ1n) is 5.84. The van der Waals surface area contributed by atoms with E-state index in [-0.39, 0.29) is 18.9 Å². The van der Waals surface area contributed by atoms with Gasteiger partial charge in [-0.2, -0.15) is 0 Å². The Morgan fingerprint density at radius 1 is 1.26 bits per heavy atom. The van der Waals surface area contributed by atoms with E-state index < -0.39 is 12.5 Å². The fourth-order valence-corrected chi connectivity index (χ4v) is 2.76. The molecule has 0 atom stereocenters. The Morgan fingerprint density at radius 3 is 2.37 bits per heavy atom. The number of hydrogen-bond donors (Lipinski definition) is 0. The second-order valence-electron chi connectivity index (χ2n) is 3.51. The normalized spacial score (nSPS) is 11.9. The van der Waals surface area contributed by atoms with Gasteiger partial charge in [-0.25, -0.2) is 0 Å². The molecule has 0 aliphatic carbocycles. The Labute approximate surface area is 111 Å². The molecule has 0 aliphatic heterocycles. The van der Waals surface area contributed by atoms with Gasteiger partial charge in [0.2, 0.25) is 0 Å². The lowest BCUT2D eigenvalue weighted by Crippen LogP contribution is -1.93. The van der Waals surface area contributed by atoms with Crippen LogP contribution in [0.15, 0.2) is 30.1 Å². The van der Waals surface area contributed by atoms with Crippen molar-refractivity contribution in [2.75, 3.05) is 13.2 Å². The summed E-state index contributed by atoms with van der Waals surface area (Å²) in [5.74, 6) is 1.25. The molecule has 6 nitrogen and oxygen atoms in total. The van der Waals surface area contributed by atoms with E-state index in [1.54, 1.807) is 32.0 Å². The molecule has 1 aromatic rings. The third-order valence-corrected chi connectivity index (χ3v) is 3.94. The summed E-state index contributed by atoms with van der Waals surface area (Å²) in [6.45, 7) is 3.87. The molecular formula is C12H16NO5P. The van der Waals surface area contributed by atoms with E-state index in [1.807, 2.05) is 0 Å². The van der Waals surface area contributed by atoms with Gasteiger partial charge in [-0.1, -0.05) is 12.1 Å². The van der Waals surface area contributed by atoms with E-state index in [0.717, 1.165) is 0 Å². The molecule has 0 bridgehead atoms. The summed E-state index contributed by atoms with van der Waals surface area (Å²) in [4.78, 5) is 10.3. The summed E-state index contributed by atoms with van der Waals surface area (Å²) in [6.07, 6.45) is 1.39. The molecule has 7 heteroatoms. The molecule has 19 heavy (non-hydrogen) atoms. The van der Waals surface area contributed by atoms with Crippen molar-refractivity contribution in [3.63, 3.8) is 0 Å². The Bertz CT molecular complexity index is 505. The summed E-state index contributed by atoms with van der Waals surface area (Å²) in [6, 6.07) is 6.18. The van der Waals surface area contributed by atoms with Crippen LogP contribution in [0.25, 0.3) is 6.08 Å². The van der Waals surface area contributed by atoms with Crippen molar-refractivity contribution in [2.24, 2.45) is 0 Å². The maximum absolute atomic E-state index is 12.2. The second-order valence-corrected chi connectivity index (χ2v) is 5.40. The molecule has 0 saturated carbocycles. The van der Waals surface area contributed by atoms with Crippen LogP contribution in [0.3, 0.4) is 0 Å². The molecule has 0 unspecified atom stereocenters. The Balaban J connectivity index is 3.03. The highest BCUT2D eigenvalue weighted by Gasteiger charge is 2.20.